The molecule has 3 heteroatoms. The molecule has 0 aromatic carbocycles. The van der Waals surface area contributed by atoms with E-state index in [0.29, 0.717) is 0 Å². The molecule has 0 spiro atoms. The van der Waals surface area contributed by atoms with Crippen molar-refractivity contribution in [1.29, 1.82) is 0 Å². The van der Waals surface area contributed by atoms with Gasteiger partial charge in [-0.25, -0.2) is 4.98 Å². The third kappa shape index (κ3) is 2.48. The average Bonchev–Trinajstić information content (AvgIpc) is 2.32. The number of nitrogens with zero attached hydrogens (tertiary/aromatic N) is 3. The van der Waals surface area contributed by atoms with Gasteiger partial charge in [0.2, 0.25) is 0 Å². The minimum atomic E-state index is 0.760. The number of hydrogen-bond donors (Lipinski definition) is 0. The van der Waals surface area contributed by atoms with Crippen molar-refractivity contribution in [2.24, 2.45) is 0 Å². The molecule has 2 heterocycles. The summed E-state index contributed by atoms with van der Waals surface area (Å²) >= 11 is 0. The monoisotopic (exact) mass is 201 g/mol. The van der Waals surface area contributed by atoms with Crippen molar-refractivity contribution >= 4 is 5.82 Å². The van der Waals surface area contributed by atoms with E-state index >= 15 is 0 Å². The molecule has 0 amide bonds. The first kappa shape index (κ1) is 10.0. The van der Waals surface area contributed by atoms with E-state index in [1.54, 1.807) is 0 Å². The second kappa shape index (κ2) is 4.81. The lowest BCUT2D eigenvalue weighted by Crippen LogP contribution is -2.46. The Balaban J connectivity index is 1.92. The van der Waals surface area contributed by atoms with Gasteiger partial charge in [-0.05, 0) is 12.1 Å². The van der Waals surface area contributed by atoms with Gasteiger partial charge in [0.1, 0.15) is 5.82 Å². The normalized spacial score (nSPS) is 17.4. The summed E-state index contributed by atoms with van der Waals surface area (Å²) < 4.78 is 0. The molecule has 78 valence electrons. The summed E-state index contributed by atoms with van der Waals surface area (Å²) in [7, 11) is 0. The lowest BCUT2D eigenvalue weighted by Gasteiger charge is -2.34. The molecular formula is C12H15N3. The summed E-state index contributed by atoms with van der Waals surface area (Å²) in [5.41, 5.74) is 0. The van der Waals surface area contributed by atoms with E-state index in [4.69, 9.17) is 6.42 Å². The quantitative estimate of drug-likeness (QED) is 0.661. The number of rotatable bonds is 2. The Kier molecular flexibility index (Phi) is 3.21. The Morgan fingerprint density at radius 3 is 2.67 bits per heavy atom. The highest BCUT2D eigenvalue weighted by atomic mass is 15.3. The van der Waals surface area contributed by atoms with Gasteiger partial charge in [0.25, 0.3) is 0 Å². The molecule has 1 aromatic rings. The maximum atomic E-state index is 5.29. The maximum absolute atomic E-state index is 5.29. The summed E-state index contributed by atoms with van der Waals surface area (Å²) in [5, 5.41) is 0. The summed E-state index contributed by atoms with van der Waals surface area (Å²) in [6.45, 7) is 4.84. The molecule has 1 aromatic heterocycles. The fourth-order valence-corrected chi connectivity index (χ4v) is 1.80. The molecule has 0 unspecified atom stereocenters. The first-order valence-corrected chi connectivity index (χ1v) is 5.22. The second-order valence-corrected chi connectivity index (χ2v) is 3.66. The van der Waals surface area contributed by atoms with Crippen LogP contribution in [-0.4, -0.2) is 42.6 Å². The Hall–Kier alpha value is -1.53. The number of aromatic nitrogens is 1. The third-order valence-corrected chi connectivity index (χ3v) is 2.66. The van der Waals surface area contributed by atoms with Crippen molar-refractivity contribution in [3.63, 3.8) is 0 Å². The molecule has 1 saturated heterocycles. The van der Waals surface area contributed by atoms with Gasteiger partial charge < -0.3 is 4.90 Å². The van der Waals surface area contributed by atoms with E-state index < -0.39 is 0 Å². The first-order valence-electron chi connectivity index (χ1n) is 5.22. The molecule has 0 radical (unpaired) electrons. The van der Waals surface area contributed by atoms with Gasteiger partial charge in [-0.1, -0.05) is 12.0 Å². The number of anilines is 1. The van der Waals surface area contributed by atoms with Gasteiger partial charge in [0.05, 0.1) is 6.54 Å². The van der Waals surface area contributed by atoms with Crippen LogP contribution in [0.3, 0.4) is 0 Å². The molecule has 0 saturated carbocycles. The zero-order valence-electron chi connectivity index (χ0n) is 8.76. The smallest absolute Gasteiger partial charge is 0.128 e. The Morgan fingerprint density at radius 2 is 2.07 bits per heavy atom. The molecule has 1 aliphatic heterocycles. The van der Waals surface area contributed by atoms with Crippen LogP contribution in [0.5, 0.6) is 0 Å². The highest BCUT2D eigenvalue weighted by Gasteiger charge is 2.16. The molecule has 2 rings (SSSR count). The van der Waals surface area contributed by atoms with E-state index in [1.807, 2.05) is 18.3 Å². The van der Waals surface area contributed by atoms with Crippen LogP contribution in [0, 0.1) is 12.3 Å². The minimum Gasteiger partial charge on any atom is -0.354 e. The summed E-state index contributed by atoms with van der Waals surface area (Å²) in [6, 6.07) is 6.02. The van der Waals surface area contributed by atoms with Crippen LogP contribution in [0.1, 0.15) is 0 Å². The van der Waals surface area contributed by atoms with Crippen LogP contribution < -0.4 is 4.90 Å². The SMILES string of the molecule is C#CCN1CCN(c2ccccn2)CC1. The number of terminal acetylenes is 1. The molecule has 1 fully saturated rings. The van der Waals surface area contributed by atoms with Crippen LogP contribution in [0.25, 0.3) is 0 Å². The molecule has 0 aliphatic carbocycles. The van der Waals surface area contributed by atoms with Crippen molar-refractivity contribution in [1.82, 2.24) is 9.88 Å². The largest absolute Gasteiger partial charge is 0.354 e. The summed E-state index contributed by atoms with van der Waals surface area (Å²) in [4.78, 5) is 8.93. The van der Waals surface area contributed by atoms with E-state index in [-0.39, 0.29) is 0 Å². The summed E-state index contributed by atoms with van der Waals surface area (Å²) in [5.74, 6) is 3.75. The second-order valence-electron chi connectivity index (χ2n) is 3.66. The van der Waals surface area contributed by atoms with E-state index in [9.17, 15) is 0 Å². The fraction of sp³-hybridized carbons (Fsp3) is 0.417. The number of pyridine rings is 1. The lowest BCUT2D eigenvalue weighted by atomic mass is 10.3. The van der Waals surface area contributed by atoms with Crippen molar-refractivity contribution in [3.05, 3.63) is 24.4 Å². The molecule has 1 aliphatic rings. The van der Waals surface area contributed by atoms with Gasteiger partial charge in [0, 0.05) is 32.4 Å². The Morgan fingerprint density at radius 1 is 1.27 bits per heavy atom. The predicted octanol–water partition coefficient (Wildman–Crippen LogP) is 0.837. The van der Waals surface area contributed by atoms with Crippen LogP contribution in [0.4, 0.5) is 5.82 Å². The van der Waals surface area contributed by atoms with Crippen molar-refractivity contribution in [3.8, 4) is 12.3 Å². The maximum Gasteiger partial charge on any atom is 0.128 e. The topological polar surface area (TPSA) is 19.4 Å². The lowest BCUT2D eigenvalue weighted by molar-refractivity contribution is 0.287. The molecular weight excluding hydrogens is 186 g/mol. The van der Waals surface area contributed by atoms with Crippen molar-refractivity contribution in [2.45, 2.75) is 0 Å². The van der Waals surface area contributed by atoms with E-state index in [1.165, 1.54) is 0 Å². The molecule has 3 nitrogen and oxygen atoms in total. The van der Waals surface area contributed by atoms with Gasteiger partial charge in [-0.3, -0.25) is 4.90 Å². The van der Waals surface area contributed by atoms with E-state index in [0.717, 1.165) is 38.5 Å². The minimum absolute atomic E-state index is 0.760. The third-order valence-electron chi connectivity index (χ3n) is 2.66. The molecule has 0 atom stereocenters. The van der Waals surface area contributed by atoms with Crippen molar-refractivity contribution < 1.29 is 0 Å². The van der Waals surface area contributed by atoms with Crippen LogP contribution >= 0.6 is 0 Å². The molecule has 0 N–H and O–H groups in total. The molecule has 0 bridgehead atoms. The standard InChI is InChI=1S/C12H15N3/c1-2-7-14-8-10-15(11-9-14)12-5-3-4-6-13-12/h1,3-6H,7-11H2. The predicted molar refractivity (Wildman–Crippen MR) is 61.7 cm³/mol. The Labute approximate surface area is 90.7 Å². The van der Waals surface area contributed by atoms with Crippen molar-refractivity contribution in [2.75, 3.05) is 37.6 Å². The number of piperazine rings is 1. The van der Waals surface area contributed by atoms with Gasteiger partial charge in [-0.15, -0.1) is 6.42 Å². The van der Waals surface area contributed by atoms with Crippen LogP contribution in [0.15, 0.2) is 24.4 Å². The van der Waals surface area contributed by atoms with Crippen LogP contribution in [-0.2, 0) is 0 Å². The van der Waals surface area contributed by atoms with E-state index in [2.05, 4.69) is 26.8 Å². The van der Waals surface area contributed by atoms with Gasteiger partial charge in [-0.2, -0.15) is 0 Å². The molecule has 15 heavy (non-hydrogen) atoms. The summed E-state index contributed by atoms with van der Waals surface area (Å²) in [6.07, 6.45) is 7.12. The highest BCUT2D eigenvalue weighted by molar-refractivity contribution is 5.38. The highest BCUT2D eigenvalue weighted by Crippen LogP contribution is 2.11. The first-order chi connectivity index (χ1) is 7.40. The van der Waals surface area contributed by atoms with Gasteiger partial charge >= 0.3 is 0 Å². The fourth-order valence-electron chi connectivity index (χ4n) is 1.80. The zero-order chi connectivity index (χ0) is 10.5. The van der Waals surface area contributed by atoms with Crippen LogP contribution in [0.2, 0.25) is 0 Å². The zero-order valence-corrected chi connectivity index (χ0v) is 8.76. The Bertz CT molecular complexity index is 334. The average molecular weight is 201 g/mol. The number of hydrogen-bond acceptors (Lipinski definition) is 3. The van der Waals surface area contributed by atoms with Gasteiger partial charge in [0.15, 0.2) is 0 Å².